The van der Waals surface area contributed by atoms with Crippen LogP contribution in [0, 0.1) is 0 Å². The number of rotatable bonds is 21. The molecule has 1 aromatic rings. The monoisotopic (exact) mass is 589 g/mol. The highest BCUT2D eigenvalue weighted by Crippen LogP contribution is 2.38. The zero-order chi connectivity index (χ0) is 29.4. The largest absolute Gasteiger partial charge is 0.469 e. The Morgan fingerprint density at radius 2 is 1.48 bits per heavy atom. The zero-order valence-corrected chi connectivity index (χ0v) is 24.6. The van der Waals surface area contributed by atoms with Gasteiger partial charge in [-0.25, -0.2) is 9.36 Å². The highest BCUT2D eigenvalue weighted by atomic mass is 31.2. The van der Waals surface area contributed by atoms with Gasteiger partial charge < -0.3 is 30.1 Å². The number of nitrogens with zero attached hydrogens (tertiary/aromatic N) is 2. The molecule has 0 unspecified atom stereocenters. The first kappa shape index (κ1) is 34.5. The van der Waals surface area contributed by atoms with E-state index in [9.17, 15) is 24.4 Å². The Bertz CT molecular complexity index is 971. The molecule has 0 aliphatic carbocycles. The third kappa shape index (κ3) is 13.3. The van der Waals surface area contributed by atoms with Gasteiger partial charge in [0.15, 0.2) is 6.23 Å². The summed E-state index contributed by atoms with van der Waals surface area (Å²) in [7, 11) is -4.81. The van der Waals surface area contributed by atoms with E-state index in [0.717, 1.165) is 23.8 Å². The van der Waals surface area contributed by atoms with Crippen LogP contribution in [0.5, 0.6) is 0 Å². The molecule has 230 valence electrons. The van der Waals surface area contributed by atoms with Crippen molar-refractivity contribution in [2.24, 2.45) is 0 Å². The molecular weight excluding hydrogens is 541 g/mol. The summed E-state index contributed by atoms with van der Waals surface area (Å²) in [6, 6.07) is 1.37. The summed E-state index contributed by atoms with van der Waals surface area (Å²) in [6.07, 6.45) is 14.5. The van der Waals surface area contributed by atoms with Crippen LogP contribution in [0.15, 0.2) is 17.1 Å². The first-order valence-electron chi connectivity index (χ1n) is 14.7. The second kappa shape index (κ2) is 18.7. The van der Waals surface area contributed by atoms with Gasteiger partial charge in [-0.05, 0) is 12.5 Å². The number of aromatic nitrogens is 2. The molecule has 1 aliphatic rings. The molecule has 1 aromatic heterocycles. The predicted molar refractivity (Wildman–Crippen MR) is 151 cm³/mol. The van der Waals surface area contributed by atoms with Gasteiger partial charge in [0.2, 0.25) is 5.91 Å². The maximum absolute atomic E-state index is 12.5. The van der Waals surface area contributed by atoms with Gasteiger partial charge >= 0.3 is 13.5 Å². The van der Waals surface area contributed by atoms with Crippen LogP contribution in [0.3, 0.4) is 0 Å². The van der Waals surface area contributed by atoms with E-state index >= 15 is 0 Å². The van der Waals surface area contributed by atoms with Crippen molar-refractivity contribution < 1.29 is 38.6 Å². The van der Waals surface area contributed by atoms with E-state index in [-0.39, 0.29) is 11.7 Å². The Hall–Kier alpha value is -1.66. The lowest BCUT2D eigenvalue weighted by molar-refractivity contribution is -0.116. The number of aliphatic hydroxyl groups excluding tert-OH is 2. The smallest absolute Gasteiger partial charge is 0.387 e. The van der Waals surface area contributed by atoms with E-state index < -0.39 is 44.7 Å². The van der Waals surface area contributed by atoms with Gasteiger partial charge in [0.1, 0.15) is 24.1 Å². The molecule has 1 fully saturated rings. The quantitative estimate of drug-likeness (QED) is 0.103. The number of hydrogen-bond donors (Lipinski definition) is 5. The minimum Gasteiger partial charge on any atom is -0.387 e. The van der Waals surface area contributed by atoms with Crippen LogP contribution < -0.4 is 11.0 Å². The van der Waals surface area contributed by atoms with Crippen LogP contribution in [0.2, 0.25) is 0 Å². The highest BCUT2D eigenvalue weighted by molar-refractivity contribution is 7.46. The van der Waals surface area contributed by atoms with Crippen molar-refractivity contribution in [3.8, 4) is 0 Å². The van der Waals surface area contributed by atoms with Gasteiger partial charge in [0, 0.05) is 12.6 Å². The molecule has 0 bridgehead atoms. The summed E-state index contributed by atoms with van der Waals surface area (Å²) in [5, 5.41) is 22.9. The number of phosphoric acid groups is 1. The van der Waals surface area contributed by atoms with E-state index in [1.54, 1.807) is 0 Å². The van der Waals surface area contributed by atoms with Gasteiger partial charge in [0.25, 0.3) is 0 Å². The first-order valence-corrected chi connectivity index (χ1v) is 16.3. The summed E-state index contributed by atoms with van der Waals surface area (Å²) in [6.45, 7) is 1.56. The van der Waals surface area contributed by atoms with Gasteiger partial charge in [-0.1, -0.05) is 96.8 Å². The Morgan fingerprint density at radius 1 is 0.950 bits per heavy atom. The second-order valence-electron chi connectivity index (χ2n) is 10.6. The lowest BCUT2D eigenvalue weighted by Crippen LogP contribution is -2.36. The van der Waals surface area contributed by atoms with Gasteiger partial charge in [-0.15, -0.1) is 0 Å². The molecule has 1 amide bonds. The topological polar surface area (TPSA) is 180 Å². The number of carbonyl (C=O) groups excluding carboxylic acids is 1. The Morgan fingerprint density at radius 3 is 1.98 bits per heavy atom. The first-order chi connectivity index (χ1) is 19.1. The van der Waals surface area contributed by atoms with Crippen LogP contribution in [0.4, 0.5) is 5.82 Å². The molecule has 40 heavy (non-hydrogen) atoms. The summed E-state index contributed by atoms with van der Waals surface area (Å²) in [5.41, 5.74) is -0.836. The number of phosphoric ester groups is 1. The summed E-state index contributed by atoms with van der Waals surface area (Å²) < 4.78 is 21.5. The average Bonchev–Trinajstić information content (AvgIpc) is 3.18. The zero-order valence-electron chi connectivity index (χ0n) is 23.7. The third-order valence-corrected chi connectivity index (χ3v) is 7.61. The van der Waals surface area contributed by atoms with E-state index in [4.69, 9.17) is 14.5 Å². The standard InChI is InChI=1S/C27H48N3O9P/c1-2-3-4-5-6-7-8-9-10-11-12-13-14-15-16-17-23(31)28-22-18-19-30(27(34)29-22)26-25(33)24(32)21(39-26)20-38-40(35,36)37/h18-19,21,24-26,32-33H,2-17,20H2,1H3,(H2,35,36,37)(H,28,29,31,34)/t21-,24-,25-,26-/m1/s1. The fourth-order valence-corrected chi connectivity index (χ4v) is 5.15. The van der Waals surface area contributed by atoms with Crippen molar-refractivity contribution in [3.63, 3.8) is 0 Å². The van der Waals surface area contributed by atoms with Crippen molar-refractivity contribution in [1.82, 2.24) is 9.55 Å². The molecule has 1 saturated heterocycles. The molecular formula is C27H48N3O9P. The highest BCUT2D eigenvalue weighted by Gasteiger charge is 2.45. The number of anilines is 1. The van der Waals surface area contributed by atoms with Crippen LogP contribution >= 0.6 is 7.82 Å². The number of hydrogen-bond acceptors (Lipinski definition) is 8. The average molecular weight is 590 g/mol. The molecule has 5 N–H and O–H groups in total. The molecule has 2 heterocycles. The molecule has 0 saturated carbocycles. The minimum atomic E-state index is -4.81. The SMILES string of the molecule is CCCCCCCCCCCCCCCCCC(=O)Nc1ccn([C@@H]2O[C@H](COP(=O)(O)O)[C@@H](O)[C@H]2O)c(=O)n1. The Kier molecular flexibility index (Phi) is 16.2. The maximum atomic E-state index is 12.5. The second-order valence-corrected chi connectivity index (χ2v) is 11.8. The van der Waals surface area contributed by atoms with Gasteiger partial charge in [-0.2, -0.15) is 4.98 Å². The van der Waals surface area contributed by atoms with Crippen molar-refractivity contribution >= 4 is 19.5 Å². The molecule has 13 heteroatoms. The predicted octanol–water partition coefficient (Wildman–Crippen LogP) is 4.17. The minimum absolute atomic E-state index is 0.0571. The molecule has 2 rings (SSSR count). The van der Waals surface area contributed by atoms with Crippen LogP contribution in [-0.4, -0.2) is 60.4 Å². The van der Waals surface area contributed by atoms with Crippen molar-refractivity contribution in [3.05, 3.63) is 22.7 Å². The summed E-state index contributed by atoms with van der Waals surface area (Å²) in [5.74, 6) is -0.191. The summed E-state index contributed by atoms with van der Waals surface area (Å²) in [4.78, 5) is 46.1. The molecule has 1 aliphatic heterocycles. The van der Waals surface area contributed by atoms with Crippen molar-refractivity contribution in [2.75, 3.05) is 11.9 Å². The number of nitrogens with one attached hydrogen (secondary N) is 1. The van der Waals surface area contributed by atoms with Crippen LogP contribution in [0.1, 0.15) is 116 Å². The summed E-state index contributed by atoms with van der Waals surface area (Å²) >= 11 is 0. The van der Waals surface area contributed by atoms with Crippen molar-refractivity contribution in [1.29, 1.82) is 0 Å². The van der Waals surface area contributed by atoms with Gasteiger partial charge in [0.05, 0.1) is 6.61 Å². The lowest BCUT2D eigenvalue weighted by Gasteiger charge is -2.17. The number of amides is 1. The fourth-order valence-electron chi connectivity index (χ4n) is 4.81. The van der Waals surface area contributed by atoms with E-state index in [1.165, 1.54) is 89.3 Å². The fraction of sp³-hybridized carbons (Fsp3) is 0.815. The van der Waals surface area contributed by atoms with E-state index in [2.05, 4.69) is 21.7 Å². The Labute approximate surface area is 236 Å². The number of unbranched alkanes of at least 4 members (excludes halogenated alkanes) is 14. The molecule has 4 atom stereocenters. The number of carbonyl (C=O) groups is 1. The van der Waals surface area contributed by atoms with E-state index in [1.807, 2.05) is 0 Å². The molecule has 12 nitrogen and oxygen atoms in total. The molecule has 0 aromatic carbocycles. The molecule has 0 radical (unpaired) electrons. The van der Waals surface area contributed by atoms with Crippen LogP contribution in [-0.2, 0) is 18.6 Å². The van der Waals surface area contributed by atoms with Crippen LogP contribution in [0.25, 0.3) is 0 Å². The third-order valence-electron chi connectivity index (χ3n) is 7.12. The van der Waals surface area contributed by atoms with Gasteiger partial charge in [-0.3, -0.25) is 13.9 Å². The number of aliphatic hydroxyl groups is 2. The normalized spacial score (nSPS) is 21.1. The maximum Gasteiger partial charge on any atom is 0.469 e. The molecule has 0 spiro atoms. The van der Waals surface area contributed by atoms with Crippen molar-refractivity contribution in [2.45, 2.75) is 134 Å². The van der Waals surface area contributed by atoms with E-state index in [0.29, 0.717) is 6.42 Å². The number of ether oxygens (including phenoxy) is 1. The Balaban J connectivity index is 1.59. The lowest BCUT2D eigenvalue weighted by atomic mass is 10.0.